The number of nitro groups is 1. The van der Waals surface area contributed by atoms with Gasteiger partial charge in [-0.05, 0) is 18.2 Å². The molecule has 9 heteroatoms. The fraction of sp³-hybridized carbons (Fsp3) is 0.0625. The van der Waals surface area contributed by atoms with E-state index < -0.39 is 22.6 Å². The highest BCUT2D eigenvalue weighted by atomic mass is 19.1. The lowest BCUT2D eigenvalue weighted by Crippen LogP contribution is -2.34. The number of carbonyl (C=O) groups is 2. The van der Waals surface area contributed by atoms with Crippen LogP contribution in [0, 0.1) is 15.9 Å². The van der Waals surface area contributed by atoms with E-state index in [1.807, 2.05) is 0 Å². The zero-order valence-electron chi connectivity index (χ0n) is 12.8. The van der Waals surface area contributed by atoms with Crippen LogP contribution < -0.4 is 10.7 Å². The number of hydrogen-bond donors (Lipinski definition) is 2. The van der Waals surface area contributed by atoms with Crippen LogP contribution in [-0.2, 0) is 4.79 Å². The van der Waals surface area contributed by atoms with E-state index in [1.54, 1.807) is 6.07 Å². The lowest BCUT2D eigenvalue weighted by atomic mass is 10.2. The highest BCUT2D eigenvalue weighted by Crippen LogP contribution is 2.11. The summed E-state index contributed by atoms with van der Waals surface area (Å²) in [6.45, 7) is -0.359. The quantitative estimate of drug-likeness (QED) is 0.471. The van der Waals surface area contributed by atoms with Gasteiger partial charge in [0.05, 0.1) is 17.7 Å². The van der Waals surface area contributed by atoms with E-state index in [2.05, 4.69) is 15.8 Å². The first kappa shape index (κ1) is 17.7. The van der Waals surface area contributed by atoms with Gasteiger partial charge in [0.2, 0.25) is 0 Å². The SMILES string of the molecule is O=C(CNC(=O)c1cccc(F)c1)N/N=C\c1cccc([N+](=O)[O-])c1. The van der Waals surface area contributed by atoms with Gasteiger partial charge in [-0.1, -0.05) is 18.2 Å². The zero-order valence-corrected chi connectivity index (χ0v) is 12.8. The number of non-ortho nitro benzene ring substituents is 1. The van der Waals surface area contributed by atoms with E-state index in [0.717, 1.165) is 6.07 Å². The second kappa shape index (κ2) is 8.29. The fourth-order valence-corrected chi connectivity index (χ4v) is 1.83. The van der Waals surface area contributed by atoms with Crippen molar-refractivity contribution in [2.45, 2.75) is 0 Å². The van der Waals surface area contributed by atoms with Gasteiger partial charge in [0.1, 0.15) is 5.82 Å². The summed E-state index contributed by atoms with van der Waals surface area (Å²) < 4.78 is 13.0. The van der Waals surface area contributed by atoms with Crippen molar-refractivity contribution in [1.82, 2.24) is 10.7 Å². The number of amides is 2. The number of halogens is 1. The molecule has 128 valence electrons. The Morgan fingerprint density at radius 1 is 1.20 bits per heavy atom. The molecule has 0 heterocycles. The smallest absolute Gasteiger partial charge is 0.270 e. The van der Waals surface area contributed by atoms with Gasteiger partial charge in [0, 0.05) is 23.3 Å². The standard InChI is InChI=1S/C16H13FN4O4/c17-13-5-2-4-12(8-13)16(23)18-10-15(22)20-19-9-11-3-1-6-14(7-11)21(24)25/h1-9H,10H2,(H,18,23)(H,20,22)/b19-9-. The number of rotatable bonds is 6. The molecule has 2 aromatic rings. The maximum atomic E-state index is 13.0. The molecule has 8 nitrogen and oxygen atoms in total. The number of nitrogens with one attached hydrogen (secondary N) is 2. The number of hydrazone groups is 1. The number of carbonyl (C=O) groups excluding carboxylic acids is 2. The van der Waals surface area contributed by atoms with Crippen LogP contribution in [0.5, 0.6) is 0 Å². The molecule has 2 N–H and O–H groups in total. The van der Waals surface area contributed by atoms with Gasteiger partial charge < -0.3 is 5.32 Å². The van der Waals surface area contributed by atoms with Gasteiger partial charge in [-0.3, -0.25) is 19.7 Å². The molecule has 0 saturated heterocycles. The van der Waals surface area contributed by atoms with Gasteiger partial charge >= 0.3 is 0 Å². The molecule has 0 spiro atoms. The summed E-state index contributed by atoms with van der Waals surface area (Å²) in [5.74, 6) is -1.76. The molecule has 0 bridgehead atoms. The van der Waals surface area contributed by atoms with Crippen LogP contribution in [0.1, 0.15) is 15.9 Å². The summed E-state index contributed by atoms with van der Waals surface area (Å²) in [5.41, 5.74) is 2.59. The number of benzene rings is 2. The highest BCUT2D eigenvalue weighted by molar-refractivity contribution is 5.96. The third kappa shape index (κ3) is 5.50. The average Bonchev–Trinajstić information content (AvgIpc) is 2.60. The molecule has 0 aliphatic carbocycles. The Bertz CT molecular complexity index is 838. The van der Waals surface area contributed by atoms with Crippen LogP contribution in [0.4, 0.5) is 10.1 Å². The minimum atomic E-state index is -0.605. The van der Waals surface area contributed by atoms with Gasteiger partial charge in [-0.15, -0.1) is 0 Å². The number of nitro benzene ring substituents is 1. The van der Waals surface area contributed by atoms with Crippen LogP contribution >= 0.6 is 0 Å². The Hall–Kier alpha value is -3.62. The van der Waals surface area contributed by atoms with E-state index in [4.69, 9.17) is 0 Å². The van der Waals surface area contributed by atoms with E-state index in [-0.39, 0.29) is 17.8 Å². The first-order valence-electron chi connectivity index (χ1n) is 7.06. The van der Waals surface area contributed by atoms with Crippen LogP contribution in [0.25, 0.3) is 0 Å². The summed E-state index contributed by atoms with van der Waals surface area (Å²) >= 11 is 0. The van der Waals surface area contributed by atoms with E-state index in [0.29, 0.717) is 5.56 Å². The number of hydrogen-bond acceptors (Lipinski definition) is 5. The minimum Gasteiger partial charge on any atom is -0.343 e. The third-order valence-electron chi connectivity index (χ3n) is 2.98. The molecule has 0 aromatic heterocycles. The Labute approximate surface area is 141 Å². The van der Waals surface area contributed by atoms with Gasteiger partial charge in [-0.2, -0.15) is 5.10 Å². The molecule has 0 aliphatic rings. The van der Waals surface area contributed by atoms with Crippen molar-refractivity contribution >= 4 is 23.7 Å². The molecule has 0 radical (unpaired) electrons. The molecular weight excluding hydrogens is 331 g/mol. The predicted molar refractivity (Wildman–Crippen MR) is 87.6 cm³/mol. The van der Waals surface area contributed by atoms with E-state index >= 15 is 0 Å². The molecule has 0 aliphatic heterocycles. The third-order valence-corrected chi connectivity index (χ3v) is 2.98. The molecule has 2 amide bonds. The molecule has 2 rings (SSSR count). The molecule has 0 fully saturated rings. The lowest BCUT2D eigenvalue weighted by Gasteiger charge is -2.04. The summed E-state index contributed by atoms with van der Waals surface area (Å²) in [6, 6.07) is 10.7. The van der Waals surface area contributed by atoms with Crippen molar-refractivity contribution in [3.8, 4) is 0 Å². The van der Waals surface area contributed by atoms with E-state index in [1.165, 1.54) is 42.6 Å². The Balaban J connectivity index is 1.83. The van der Waals surface area contributed by atoms with Crippen LogP contribution in [0.15, 0.2) is 53.6 Å². The van der Waals surface area contributed by atoms with Gasteiger partial charge in [0.15, 0.2) is 0 Å². The first-order chi connectivity index (χ1) is 12.0. The van der Waals surface area contributed by atoms with E-state index in [9.17, 15) is 24.1 Å². The molecule has 0 saturated carbocycles. The lowest BCUT2D eigenvalue weighted by molar-refractivity contribution is -0.384. The van der Waals surface area contributed by atoms with Crippen molar-refractivity contribution < 1.29 is 18.9 Å². The monoisotopic (exact) mass is 344 g/mol. The Kier molecular flexibility index (Phi) is 5.88. The first-order valence-corrected chi connectivity index (χ1v) is 7.06. The predicted octanol–water partition coefficient (Wildman–Crippen LogP) is 1.61. The Morgan fingerprint density at radius 2 is 1.96 bits per heavy atom. The largest absolute Gasteiger partial charge is 0.343 e. The van der Waals surface area contributed by atoms with Gasteiger partial charge in [0.25, 0.3) is 17.5 Å². The molecule has 2 aromatic carbocycles. The molecular formula is C16H13FN4O4. The van der Waals surface area contributed by atoms with Crippen molar-refractivity contribution in [3.63, 3.8) is 0 Å². The van der Waals surface area contributed by atoms with Crippen molar-refractivity contribution in [2.24, 2.45) is 5.10 Å². The fourth-order valence-electron chi connectivity index (χ4n) is 1.83. The molecule has 0 atom stereocenters. The van der Waals surface area contributed by atoms with Crippen molar-refractivity contribution in [3.05, 3.63) is 75.6 Å². The second-order valence-corrected chi connectivity index (χ2v) is 4.84. The van der Waals surface area contributed by atoms with Crippen molar-refractivity contribution in [1.29, 1.82) is 0 Å². The summed E-state index contributed by atoms with van der Waals surface area (Å²) in [7, 11) is 0. The minimum absolute atomic E-state index is 0.0906. The number of nitrogens with zero attached hydrogens (tertiary/aromatic N) is 2. The van der Waals surface area contributed by atoms with Crippen LogP contribution in [0.2, 0.25) is 0 Å². The summed E-state index contributed by atoms with van der Waals surface area (Å²) in [6.07, 6.45) is 1.24. The van der Waals surface area contributed by atoms with Crippen LogP contribution in [0.3, 0.4) is 0 Å². The van der Waals surface area contributed by atoms with Crippen LogP contribution in [-0.4, -0.2) is 29.5 Å². The summed E-state index contributed by atoms with van der Waals surface area (Å²) in [4.78, 5) is 33.4. The average molecular weight is 344 g/mol. The molecule has 25 heavy (non-hydrogen) atoms. The van der Waals surface area contributed by atoms with Gasteiger partial charge in [-0.25, -0.2) is 9.82 Å². The zero-order chi connectivity index (χ0) is 18.2. The topological polar surface area (TPSA) is 114 Å². The Morgan fingerprint density at radius 3 is 2.68 bits per heavy atom. The highest BCUT2D eigenvalue weighted by Gasteiger charge is 2.08. The summed E-state index contributed by atoms with van der Waals surface area (Å²) in [5, 5.41) is 16.6. The van der Waals surface area contributed by atoms with Crippen molar-refractivity contribution in [2.75, 3.05) is 6.54 Å². The maximum absolute atomic E-state index is 13.0. The second-order valence-electron chi connectivity index (χ2n) is 4.84. The maximum Gasteiger partial charge on any atom is 0.270 e. The molecule has 0 unspecified atom stereocenters. The normalized spacial score (nSPS) is 10.4.